The summed E-state index contributed by atoms with van der Waals surface area (Å²) in [5.41, 5.74) is 2.26. The SMILES string of the molecule is O=C(C=Cc1ccc(OCc2cccnc2)cc1)Nc1cccc(F)c1. The van der Waals surface area contributed by atoms with Crippen molar-refractivity contribution < 1.29 is 13.9 Å². The standard InChI is InChI=1S/C21H17FN2O2/c22-18-4-1-5-19(13-18)24-21(25)11-8-16-6-9-20(10-7-16)26-15-17-3-2-12-23-14-17/h1-14H,15H2,(H,24,25). The Morgan fingerprint density at radius 3 is 2.69 bits per heavy atom. The van der Waals surface area contributed by atoms with Gasteiger partial charge in [-0.1, -0.05) is 24.3 Å². The van der Waals surface area contributed by atoms with Gasteiger partial charge in [-0.15, -0.1) is 0 Å². The van der Waals surface area contributed by atoms with Crippen LogP contribution in [0.25, 0.3) is 6.08 Å². The van der Waals surface area contributed by atoms with Crippen LogP contribution in [0, 0.1) is 5.82 Å². The van der Waals surface area contributed by atoms with E-state index in [-0.39, 0.29) is 5.91 Å². The predicted octanol–water partition coefficient (Wildman–Crippen LogP) is 4.45. The lowest BCUT2D eigenvalue weighted by Crippen LogP contribution is -2.07. The van der Waals surface area contributed by atoms with Crippen LogP contribution in [0.3, 0.4) is 0 Å². The lowest BCUT2D eigenvalue weighted by Gasteiger charge is -2.06. The van der Waals surface area contributed by atoms with Crippen LogP contribution in [-0.4, -0.2) is 10.9 Å². The van der Waals surface area contributed by atoms with E-state index in [1.165, 1.54) is 18.2 Å². The highest BCUT2D eigenvalue weighted by atomic mass is 19.1. The summed E-state index contributed by atoms with van der Waals surface area (Å²) in [5, 5.41) is 2.61. The molecule has 0 radical (unpaired) electrons. The molecule has 0 bridgehead atoms. The molecule has 0 saturated heterocycles. The number of nitrogens with zero attached hydrogens (tertiary/aromatic N) is 1. The van der Waals surface area contributed by atoms with Gasteiger partial charge in [0.15, 0.2) is 0 Å². The second-order valence-electron chi connectivity index (χ2n) is 5.55. The number of hydrogen-bond acceptors (Lipinski definition) is 3. The van der Waals surface area contributed by atoms with Gasteiger partial charge in [-0.25, -0.2) is 4.39 Å². The van der Waals surface area contributed by atoms with Crippen LogP contribution in [0.2, 0.25) is 0 Å². The number of carbonyl (C=O) groups is 1. The Kier molecular flexibility index (Phi) is 5.72. The summed E-state index contributed by atoms with van der Waals surface area (Å²) in [5.74, 6) is 0.0105. The van der Waals surface area contributed by atoms with E-state index in [0.717, 1.165) is 16.9 Å². The van der Waals surface area contributed by atoms with Crippen molar-refractivity contribution in [3.63, 3.8) is 0 Å². The third-order valence-electron chi connectivity index (χ3n) is 3.53. The Balaban J connectivity index is 1.53. The number of amides is 1. The zero-order valence-electron chi connectivity index (χ0n) is 13.9. The smallest absolute Gasteiger partial charge is 0.248 e. The van der Waals surface area contributed by atoms with Gasteiger partial charge in [0.25, 0.3) is 0 Å². The average Bonchev–Trinajstić information content (AvgIpc) is 2.66. The lowest BCUT2D eigenvalue weighted by molar-refractivity contribution is -0.111. The molecule has 1 aromatic heterocycles. The van der Waals surface area contributed by atoms with E-state index < -0.39 is 5.82 Å². The van der Waals surface area contributed by atoms with Gasteiger partial charge in [0.1, 0.15) is 18.2 Å². The van der Waals surface area contributed by atoms with Crippen LogP contribution < -0.4 is 10.1 Å². The fraction of sp³-hybridized carbons (Fsp3) is 0.0476. The number of aromatic nitrogens is 1. The van der Waals surface area contributed by atoms with Gasteiger partial charge in [-0.2, -0.15) is 0 Å². The number of rotatable bonds is 6. The van der Waals surface area contributed by atoms with E-state index in [1.807, 2.05) is 36.4 Å². The molecule has 5 heteroatoms. The molecule has 0 aliphatic rings. The zero-order chi connectivity index (χ0) is 18.2. The van der Waals surface area contributed by atoms with Crippen LogP contribution in [0.15, 0.2) is 79.1 Å². The van der Waals surface area contributed by atoms with Gasteiger partial charge in [-0.3, -0.25) is 9.78 Å². The molecule has 0 fully saturated rings. The third-order valence-corrected chi connectivity index (χ3v) is 3.53. The minimum Gasteiger partial charge on any atom is -0.489 e. The quantitative estimate of drug-likeness (QED) is 0.670. The van der Waals surface area contributed by atoms with E-state index in [0.29, 0.717) is 12.3 Å². The van der Waals surface area contributed by atoms with Crippen LogP contribution in [0.4, 0.5) is 10.1 Å². The highest BCUT2D eigenvalue weighted by Crippen LogP contribution is 2.15. The molecule has 0 atom stereocenters. The van der Waals surface area contributed by atoms with Crippen molar-refractivity contribution in [2.24, 2.45) is 0 Å². The third kappa shape index (κ3) is 5.27. The molecule has 26 heavy (non-hydrogen) atoms. The van der Waals surface area contributed by atoms with Gasteiger partial charge in [0.05, 0.1) is 0 Å². The maximum absolute atomic E-state index is 13.1. The van der Waals surface area contributed by atoms with Crippen LogP contribution in [-0.2, 0) is 11.4 Å². The van der Waals surface area contributed by atoms with E-state index in [9.17, 15) is 9.18 Å². The minimum atomic E-state index is -0.395. The molecular weight excluding hydrogens is 331 g/mol. The summed E-state index contributed by atoms with van der Waals surface area (Å²) in [6.45, 7) is 0.444. The first kappa shape index (κ1) is 17.4. The van der Waals surface area contributed by atoms with Crippen molar-refractivity contribution in [3.05, 3.63) is 96.1 Å². The molecule has 1 amide bonds. The van der Waals surface area contributed by atoms with Crippen molar-refractivity contribution in [1.82, 2.24) is 4.98 Å². The molecule has 0 aliphatic heterocycles. The van der Waals surface area contributed by atoms with Crippen LogP contribution >= 0.6 is 0 Å². The van der Waals surface area contributed by atoms with Crippen molar-refractivity contribution in [3.8, 4) is 5.75 Å². The first-order valence-electron chi connectivity index (χ1n) is 8.05. The minimum absolute atomic E-state index is 0.326. The van der Waals surface area contributed by atoms with Crippen molar-refractivity contribution in [1.29, 1.82) is 0 Å². The highest BCUT2D eigenvalue weighted by molar-refractivity contribution is 6.01. The summed E-state index contributed by atoms with van der Waals surface area (Å²) in [6, 6.07) is 16.9. The molecule has 130 valence electrons. The Morgan fingerprint density at radius 1 is 1.12 bits per heavy atom. The molecule has 0 unspecified atom stereocenters. The number of hydrogen-bond donors (Lipinski definition) is 1. The molecule has 3 aromatic rings. The molecule has 0 spiro atoms. The van der Waals surface area contributed by atoms with Crippen LogP contribution in [0.5, 0.6) is 5.75 Å². The first-order chi connectivity index (χ1) is 12.7. The average molecular weight is 348 g/mol. The Morgan fingerprint density at radius 2 is 1.96 bits per heavy atom. The van der Waals surface area contributed by atoms with Crippen molar-refractivity contribution in [2.75, 3.05) is 5.32 Å². The topological polar surface area (TPSA) is 51.2 Å². The maximum atomic E-state index is 13.1. The summed E-state index contributed by atoms with van der Waals surface area (Å²) in [6.07, 6.45) is 6.55. The maximum Gasteiger partial charge on any atom is 0.248 e. The molecular formula is C21H17FN2O2. The van der Waals surface area contributed by atoms with Gasteiger partial charge in [-0.05, 0) is 48.0 Å². The molecule has 0 saturated carbocycles. The molecule has 2 aromatic carbocycles. The highest BCUT2D eigenvalue weighted by Gasteiger charge is 2.00. The number of pyridine rings is 1. The van der Waals surface area contributed by atoms with E-state index in [2.05, 4.69) is 10.3 Å². The van der Waals surface area contributed by atoms with Crippen LogP contribution in [0.1, 0.15) is 11.1 Å². The monoisotopic (exact) mass is 348 g/mol. The fourth-order valence-corrected chi connectivity index (χ4v) is 2.25. The Hall–Kier alpha value is -3.47. The molecule has 0 aliphatic carbocycles. The van der Waals surface area contributed by atoms with E-state index in [4.69, 9.17) is 4.74 Å². The van der Waals surface area contributed by atoms with Gasteiger partial charge in [0.2, 0.25) is 5.91 Å². The van der Waals surface area contributed by atoms with Gasteiger partial charge in [0, 0.05) is 29.7 Å². The number of nitrogens with one attached hydrogen (secondary N) is 1. The molecule has 1 heterocycles. The van der Waals surface area contributed by atoms with Gasteiger partial charge < -0.3 is 10.1 Å². The molecule has 3 rings (SSSR count). The Bertz CT molecular complexity index is 893. The lowest BCUT2D eigenvalue weighted by atomic mass is 10.2. The van der Waals surface area contributed by atoms with Crippen molar-refractivity contribution >= 4 is 17.7 Å². The number of halogens is 1. The summed E-state index contributed by atoms with van der Waals surface area (Å²) in [4.78, 5) is 15.9. The molecule has 4 nitrogen and oxygen atoms in total. The summed E-state index contributed by atoms with van der Waals surface area (Å²) in [7, 11) is 0. The normalized spacial score (nSPS) is 10.7. The van der Waals surface area contributed by atoms with Gasteiger partial charge >= 0.3 is 0 Å². The van der Waals surface area contributed by atoms with E-state index in [1.54, 1.807) is 30.6 Å². The second kappa shape index (κ2) is 8.58. The summed E-state index contributed by atoms with van der Waals surface area (Å²) >= 11 is 0. The Labute approximate surface area is 151 Å². The molecule has 1 N–H and O–H groups in total. The zero-order valence-corrected chi connectivity index (χ0v) is 13.9. The predicted molar refractivity (Wildman–Crippen MR) is 99.1 cm³/mol. The van der Waals surface area contributed by atoms with Crippen molar-refractivity contribution in [2.45, 2.75) is 6.61 Å². The number of anilines is 1. The summed E-state index contributed by atoms with van der Waals surface area (Å²) < 4.78 is 18.8. The second-order valence-corrected chi connectivity index (χ2v) is 5.55. The number of carbonyl (C=O) groups excluding carboxylic acids is 1. The first-order valence-corrected chi connectivity index (χ1v) is 8.05. The largest absolute Gasteiger partial charge is 0.489 e. The van der Waals surface area contributed by atoms with E-state index >= 15 is 0 Å². The number of benzene rings is 2. The fourth-order valence-electron chi connectivity index (χ4n) is 2.25. The number of ether oxygens (including phenoxy) is 1.